The van der Waals surface area contributed by atoms with Gasteiger partial charge >= 0.3 is 17.9 Å². The molecule has 0 aromatic heterocycles. The summed E-state index contributed by atoms with van der Waals surface area (Å²) in [6.45, 7) is 6.71. The second-order valence-electron chi connectivity index (χ2n) is 23.1. The lowest BCUT2D eigenvalue weighted by molar-refractivity contribution is -0.167. The molecule has 0 aromatic rings. The second kappa shape index (κ2) is 63.7. The first kappa shape index (κ1) is 72.2. The Labute approximate surface area is 462 Å². The quantitative estimate of drug-likeness (QED) is 0.0261. The third kappa shape index (κ3) is 61.0. The number of carbonyl (C=O) groups excluding carboxylic acids is 3. The van der Waals surface area contributed by atoms with Gasteiger partial charge < -0.3 is 14.2 Å². The van der Waals surface area contributed by atoms with Gasteiger partial charge in [0.05, 0.1) is 0 Å². The maximum atomic E-state index is 12.9. The molecule has 0 amide bonds. The van der Waals surface area contributed by atoms with Crippen molar-refractivity contribution in [3.63, 3.8) is 0 Å². The minimum Gasteiger partial charge on any atom is -0.462 e. The number of rotatable bonds is 63. The van der Waals surface area contributed by atoms with Crippen LogP contribution in [0.2, 0.25) is 0 Å². The molecule has 0 saturated heterocycles. The first-order valence-electron chi connectivity index (χ1n) is 33.7. The van der Waals surface area contributed by atoms with E-state index >= 15 is 0 Å². The molecule has 1 unspecified atom stereocenters. The minimum absolute atomic E-state index is 0.0658. The monoisotopic (exact) mass is 1040 g/mol. The zero-order valence-corrected chi connectivity index (χ0v) is 50.4. The molecule has 74 heavy (non-hydrogen) atoms. The van der Waals surface area contributed by atoms with Gasteiger partial charge in [-0.25, -0.2) is 0 Å². The third-order valence-corrected chi connectivity index (χ3v) is 15.5. The summed E-state index contributed by atoms with van der Waals surface area (Å²) < 4.78 is 17.0. The van der Waals surface area contributed by atoms with Gasteiger partial charge in [0, 0.05) is 19.3 Å². The predicted molar refractivity (Wildman–Crippen MR) is 321 cm³/mol. The van der Waals surface area contributed by atoms with E-state index in [1.54, 1.807) is 0 Å². The molecule has 438 valence electrons. The normalized spacial score (nSPS) is 12.0. The van der Waals surface area contributed by atoms with E-state index in [0.717, 1.165) is 64.2 Å². The van der Waals surface area contributed by atoms with E-state index in [2.05, 4.69) is 32.9 Å². The first-order chi connectivity index (χ1) is 36.5. The number of hydrogen-bond acceptors (Lipinski definition) is 6. The van der Waals surface area contributed by atoms with Crippen molar-refractivity contribution < 1.29 is 28.6 Å². The Kier molecular flexibility index (Phi) is 62.1. The molecule has 0 spiro atoms. The average Bonchev–Trinajstić information content (AvgIpc) is 3.40. The van der Waals surface area contributed by atoms with E-state index in [9.17, 15) is 14.4 Å². The van der Waals surface area contributed by atoms with Crippen molar-refractivity contribution in [2.45, 2.75) is 393 Å². The Hall–Kier alpha value is -1.85. The molecule has 6 nitrogen and oxygen atoms in total. The fourth-order valence-electron chi connectivity index (χ4n) is 10.4. The number of carbonyl (C=O) groups is 3. The molecule has 0 bridgehead atoms. The van der Waals surface area contributed by atoms with Crippen molar-refractivity contribution in [2.75, 3.05) is 13.2 Å². The summed E-state index contributed by atoms with van der Waals surface area (Å²) in [5.74, 6) is -0.842. The molecule has 0 saturated carbocycles. The van der Waals surface area contributed by atoms with E-state index in [1.807, 2.05) is 0 Å². The van der Waals surface area contributed by atoms with Gasteiger partial charge in [0.2, 0.25) is 0 Å². The van der Waals surface area contributed by atoms with Gasteiger partial charge in [-0.15, -0.1) is 0 Å². The van der Waals surface area contributed by atoms with Crippen molar-refractivity contribution >= 4 is 17.9 Å². The van der Waals surface area contributed by atoms with Gasteiger partial charge in [0.15, 0.2) is 6.10 Å². The second-order valence-corrected chi connectivity index (χ2v) is 23.1. The lowest BCUT2D eigenvalue weighted by atomic mass is 10.0. The van der Waals surface area contributed by atoms with Gasteiger partial charge in [-0.1, -0.05) is 335 Å². The van der Waals surface area contributed by atoms with E-state index < -0.39 is 6.10 Å². The minimum atomic E-state index is -0.769. The van der Waals surface area contributed by atoms with Gasteiger partial charge in [-0.05, 0) is 44.9 Å². The smallest absolute Gasteiger partial charge is 0.306 e. The maximum absolute atomic E-state index is 12.9. The maximum Gasteiger partial charge on any atom is 0.306 e. The third-order valence-electron chi connectivity index (χ3n) is 15.5. The molecular weight excluding hydrogens is 913 g/mol. The lowest BCUT2D eigenvalue weighted by Gasteiger charge is -2.18. The Morgan fingerprint density at radius 2 is 0.446 bits per heavy atom. The van der Waals surface area contributed by atoms with Crippen LogP contribution < -0.4 is 0 Å². The fraction of sp³-hybridized carbons (Fsp3) is 0.926. The van der Waals surface area contributed by atoms with Crippen molar-refractivity contribution in [3.8, 4) is 0 Å². The Morgan fingerprint density at radius 3 is 0.676 bits per heavy atom. The van der Waals surface area contributed by atoms with Crippen molar-refractivity contribution in [2.24, 2.45) is 0 Å². The average molecular weight is 1040 g/mol. The molecule has 6 heteroatoms. The molecule has 0 rings (SSSR count). The largest absolute Gasteiger partial charge is 0.462 e. The summed E-state index contributed by atoms with van der Waals surface area (Å²) in [5.41, 5.74) is 0. The topological polar surface area (TPSA) is 78.9 Å². The van der Waals surface area contributed by atoms with Gasteiger partial charge in [0.1, 0.15) is 13.2 Å². The number of allylic oxidation sites excluding steroid dienone is 2. The van der Waals surface area contributed by atoms with Crippen LogP contribution in [0, 0.1) is 0 Å². The molecular formula is C68H130O6. The summed E-state index contributed by atoms with van der Waals surface area (Å²) in [6, 6.07) is 0. The van der Waals surface area contributed by atoms with E-state index in [1.165, 1.54) is 283 Å². The highest BCUT2D eigenvalue weighted by Crippen LogP contribution is 2.19. The highest BCUT2D eigenvalue weighted by molar-refractivity contribution is 5.71. The molecule has 0 aliphatic rings. The van der Waals surface area contributed by atoms with Gasteiger partial charge in [-0.2, -0.15) is 0 Å². The molecule has 0 aliphatic carbocycles. The molecule has 0 aliphatic heterocycles. The fourth-order valence-corrected chi connectivity index (χ4v) is 10.4. The van der Waals surface area contributed by atoms with Crippen LogP contribution >= 0.6 is 0 Å². The van der Waals surface area contributed by atoms with Gasteiger partial charge in [-0.3, -0.25) is 14.4 Å². The summed E-state index contributed by atoms with van der Waals surface area (Å²) in [7, 11) is 0. The van der Waals surface area contributed by atoms with Crippen LogP contribution in [0.15, 0.2) is 12.2 Å². The molecule has 0 aromatic carbocycles. The van der Waals surface area contributed by atoms with E-state index in [0.29, 0.717) is 19.3 Å². The number of unbranched alkanes of at least 4 members (excludes halogenated alkanes) is 50. The standard InChI is InChI=1S/C68H130O6/c1-4-7-10-13-16-19-22-25-28-30-32-33-34-35-36-37-39-40-43-46-49-52-55-58-61-67(70)73-64-65(63-72-66(69)60-57-54-51-48-45-42-27-24-21-18-15-12-9-6-3)74-68(71)62-59-56-53-50-47-44-41-38-31-29-26-23-20-17-14-11-8-5-2/h24,27,65H,4-23,25-26,28-64H2,1-3H3/b27-24-. The van der Waals surface area contributed by atoms with Crippen LogP contribution in [0.25, 0.3) is 0 Å². The van der Waals surface area contributed by atoms with Crippen LogP contribution in [-0.4, -0.2) is 37.2 Å². The van der Waals surface area contributed by atoms with Crippen molar-refractivity contribution in [1.82, 2.24) is 0 Å². The molecule has 0 N–H and O–H groups in total. The van der Waals surface area contributed by atoms with Crippen LogP contribution in [-0.2, 0) is 28.6 Å². The highest BCUT2D eigenvalue weighted by atomic mass is 16.6. The van der Waals surface area contributed by atoms with E-state index in [4.69, 9.17) is 14.2 Å². The first-order valence-corrected chi connectivity index (χ1v) is 33.7. The van der Waals surface area contributed by atoms with Crippen molar-refractivity contribution in [1.29, 1.82) is 0 Å². The number of ether oxygens (including phenoxy) is 3. The van der Waals surface area contributed by atoms with Crippen LogP contribution in [0.3, 0.4) is 0 Å². The van der Waals surface area contributed by atoms with E-state index in [-0.39, 0.29) is 31.1 Å². The number of esters is 3. The van der Waals surface area contributed by atoms with Crippen LogP contribution in [0.5, 0.6) is 0 Å². The Bertz CT molecular complexity index is 1150. The van der Waals surface area contributed by atoms with Crippen LogP contribution in [0.1, 0.15) is 387 Å². The zero-order valence-electron chi connectivity index (χ0n) is 50.4. The highest BCUT2D eigenvalue weighted by Gasteiger charge is 2.19. The Morgan fingerprint density at radius 1 is 0.257 bits per heavy atom. The summed E-state index contributed by atoms with van der Waals surface area (Å²) >= 11 is 0. The SMILES string of the molecule is CCCCCCC/C=C\CCCCCCCC(=O)OCC(COC(=O)CCCCCCCCCCCCCCCCCCCCCCCCCC)OC(=O)CCCCCCCCCCCCCCCCCCCC. The van der Waals surface area contributed by atoms with Gasteiger partial charge in [0.25, 0.3) is 0 Å². The Balaban J connectivity index is 4.23. The van der Waals surface area contributed by atoms with Crippen LogP contribution in [0.4, 0.5) is 0 Å². The summed E-state index contributed by atoms with van der Waals surface area (Å²) in [6.07, 6.45) is 75.2. The molecule has 1 atom stereocenters. The zero-order chi connectivity index (χ0) is 53.6. The molecule has 0 radical (unpaired) electrons. The molecule has 0 fully saturated rings. The summed E-state index contributed by atoms with van der Waals surface area (Å²) in [4.78, 5) is 38.3. The predicted octanol–water partition coefficient (Wildman–Crippen LogP) is 22.8. The summed E-state index contributed by atoms with van der Waals surface area (Å²) in [5, 5.41) is 0. The molecule has 0 heterocycles. The lowest BCUT2D eigenvalue weighted by Crippen LogP contribution is -2.30. The number of hydrogen-bond donors (Lipinski definition) is 0. The van der Waals surface area contributed by atoms with Crippen molar-refractivity contribution in [3.05, 3.63) is 12.2 Å².